The standard InChI is InChI=1S/C17H23N3O2S/c1-11-12(2)23-16-15(11)17(22)20(10-19-16)9-14(21)18-8-13-6-4-3-5-7-13/h10,13H,3-9H2,1-2H3,(H,18,21). The van der Waals surface area contributed by atoms with E-state index in [-0.39, 0.29) is 18.0 Å². The zero-order valence-electron chi connectivity index (χ0n) is 13.7. The molecule has 1 amide bonds. The highest BCUT2D eigenvalue weighted by molar-refractivity contribution is 7.18. The normalized spacial score (nSPS) is 15.9. The first-order chi connectivity index (χ1) is 11.1. The molecule has 2 aromatic heterocycles. The first-order valence-electron chi connectivity index (χ1n) is 8.28. The number of fused-ring (bicyclic) bond motifs is 1. The second-order valence-corrected chi connectivity index (χ2v) is 7.65. The molecule has 0 bridgehead atoms. The Kier molecular flexibility index (Phi) is 4.80. The Labute approximate surface area is 139 Å². The van der Waals surface area contributed by atoms with E-state index in [1.54, 1.807) is 0 Å². The lowest BCUT2D eigenvalue weighted by Gasteiger charge is -2.21. The third-order valence-corrected chi connectivity index (χ3v) is 5.90. The molecule has 1 fully saturated rings. The number of amides is 1. The number of aromatic nitrogens is 2. The van der Waals surface area contributed by atoms with Gasteiger partial charge in [0.2, 0.25) is 5.91 Å². The second kappa shape index (κ2) is 6.83. The fourth-order valence-corrected chi connectivity index (χ4v) is 4.23. The van der Waals surface area contributed by atoms with Gasteiger partial charge in [-0.2, -0.15) is 0 Å². The van der Waals surface area contributed by atoms with E-state index < -0.39 is 0 Å². The lowest BCUT2D eigenvalue weighted by molar-refractivity contribution is -0.121. The van der Waals surface area contributed by atoms with Gasteiger partial charge in [0, 0.05) is 11.4 Å². The number of rotatable bonds is 4. The van der Waals surface area contributed by atoms with Crippen LogP contribution in [-0.2, 0) is 11.3 Å². The molecular formula is C17H23N3O2S. The lowest BCUT2D eigenvalue weighted by Crippen LogP contribution is -2.35. The number of hydrogen-bond acceptors (Lipinski definition) is 4. The molecule has 124 valence electrons. The van der Waals surface area contributed by atoms with Gasteiger partial charge in [0.15, 0.2) is 0 Å². The number of carbonyl (C=O) groups excluding carboxylic acids is 1. The first kappa shape index (κ1) is 16.2. The molecule has 0 saturated heterocycles. The highest BCUT2D eigenvalue weighted by Gasteiger charge is 2.16. The number of hydrogen-bond donors (Lipinski definition) is 1. The Morgan fingerprint density at radius 1 is 1.35 bits per heavy atom. The van der Waals surface area contributed by atoms with Gasteiger partial charge in [0.05, 0.1) is 11.7 Å². The minimum absolute atomic E-state index is 0.0445. The summed E-state index contributed by atoms with van der Waals surface area (Å²) in [4.78, 5) is 30.9. The Bertz CT molecular complexity index is 772. The van der Waals surface area contributed by atoms with Gasteiger partial charge >= 0.3 is 0 Å². The van der Waals surface area contributed by atoms with E-state index >= 15 is 0 Å². The van der Waals surface area contributed by atoms with Crippen molar-refractivity contribution in [1.82, 2.24) is 14.9 Å². The molecule has 1 aliphatic carbocycles. The van der Waals surface area contributed by atoms with Gasteiger partial charge in [-0.05, 0) is 38.2 Å². The smallest absolute Gasteiger partial charge is 0.262 e. The van der Waals surface area contributed by atoms with Gasteiger partial charge in [-0.25, -0.2) is 4.98 Å². The average molecular weight is 333 g/mol. The van der Waals surface area contributed by atoms with Crippen LogP contribution in [0.25, 0.3) is 10.2 Å². The van der Waals surface area contributed by atoms with E-state index in [9.17, 15) is 9.59 Å². The van der Waals surface area contributed by atoms with Crippen molar-refractivity contribution in [3.63, 3.8) is 0 Å². The van der Waals surface area contributed by atoms with Crippen LogP contribution < -0.4 is 10.9 Å². The van der Waals surface area contributed by atoms with E-state index in [1.807, 2.05) is 13.8 Å². The summed E-state index contributed by atoms with van der Waals surface area (Å²) in [6, 6.07) is 0. The summed E-state index contributed by atoms with van der Waals surface area (Å²) in [5.41, 5.74) is 0.851. The van der Waals surface area contributed by atoms with E-state index in [0.29, 0.717) is 11.3 Å². The van der Waals surface area contributed by atoms with Gasteiger partial charge in [0.25, 0.3) is 5.56 Å². The lowest BCUT2D eigenvalue weighted by atomic mass is 9.89. The number of thiophene rings is 1. The molecule has 0 aromatic carbocycles. The highest BCUT2D eigenvalue weighted by atomic mass is 32.1. The predicted octanol–water partition coefficient (Wildman–Crippen LogP) is 2.77. The van der Waals surface area contributed by atoms with Crippen LogP contribution in [0.3, 0.4) is 0 Å². The van der Waals surface area contributed by atoms with Crippen molar-refractivity contribution in [3.05, 3.63) is 27.1 Å². The number of carbonyl (C=O) groups is 1. The summed E-state index contributed by atoms with van der Waals surface area (Å²) < 4.78 is 1.41. The molecular weight excluding hydrogens is 310 g/mol. The van der Waals surface area contributed by atoms with Crippen LogP contribution in [0.15, 0.2) is 11.1 Å². The Balaban J connectivity index is 1.68. The van der Waals surface area contributed by atoms with Crippen molar-refractivity contribution < 1.29 is 4.79 Å². The molecule has 0 atom stereocenters. The Morgan fingerprint density at radius 3 is 2.83 bits per heavy atom. The van der Waals surface area contributed by atoms with E-state index in [4.69, 9.17) is 0 Å². The maximum Gasteiger partial charge on any atom is 0.262 e. The fraction of sp³-hybridized carbons (Fsp3) is 0.588. The zero-order chi connectivity index (χ0) is 16.4. The minimum Gasteiger partial charge on any atom is -0.354 e. The van der Waals surface area contributed by atoms with Crippen LogP contribution in [0, 0.1) is 19.8 Å². The van der Waals surface area contributed by atoms with Crippen LogP contribution in [0.5, 0.6) is 0 Å². The summed E-state index contributed by atoms with van der Waals surface area (Å²) in [7, 11) is 0. The topological polar surface area (TPSA) is 64.0 Å². The SMILES string of the molecule is Cc1sc2ncn(CC(=O)NCC3CCCCC3)c(=O)c2c1C. The summed E-state index contributed by atoms with van der Waals surface area (Å²) in [5, 5.41) is 3.62. The molecule has 0 spiro atoms. The summed E-state index contributed by atoms with van der Waals surface area (Å²) in [5.74, 6) is 0.482. The molecule has 23 heavy (non-hydrogen) atoms. The van der Waals surface area contributed by atoms with Gasteiger partial charge in [-0.1, -0.05) is 19.3 Å². The van der Waals surface area contributed by atoms with Crippen LogP contribution in [0.1, 0.15) is 42.5 Å². The van der Waals surface area contributed by atoms with E-state index in [2.05, 4.69) is 10.3 Å². The third kappa shape index (κ3) is 3.47. The molecule has 6 heteroatoms. The van der Waals surface area contributed by atoms with Crippen molar-refractivity contribution >= 4 is 27.5 Å². The minimum atomic E-state index is -0.121. The summed E-state index contributed by atoms with van der Waals surface area (Å²) in [6.07, 6.45) is 7.71. The molecule has 0 unspecified atom stereocenters. The van der Waals surface area contributed by atoms with E-state index in [1.165, 1.54) is 54.3 Å². The zero-order valence-corrected chi connectivity index (χ0v) is 14.5. The van der Waals surface area contributed by atoms with Crippen molar-refractivity contribution in [2.24, 2.45) is 5.92 Å². The summed E-state index contributed by atoms with van der Waals surface area (Å²) >= 11 is 1.52. The van der Waals surface area contributed by atoms with Crippen molar-refractivity contribution in [1.29, 1.82) is 0 Å². The molecule has 0 radical (unpaired) electrons. The van der Waals surface area contributed by atoms with Crippen LogP contribution >= 0.6 is 11.3 Å². The highest BCUT2D eigenvalue weighted by Crippen LogP contribution is 2.25. The quantitative estimate of drug-likeness (QED) is 0.936. The molecule has 1 N–H and O–H groups in total. The average Bonchev–Trinajstić information content (AvgIpc) is 2.84. The molecule has 1 aliphatic rings. The second-order valence-electron chi connectivity index (χ2n) is 6.45. The monoisotopic (exact) mass is 333 g/mol. The van der Waals surface area contributed by atoms with Crippen molar-refractivity contribution in [2.75, 3.05) is 6.54 Å². The number of nitrogens with zero attached hydrogens (tertiary/aromatic N) is 2. The molecule has 3 rings (SSSR count). The van der Waals surface area contributed by atoms with Gasteiger partial charge in [-0.3, -0.25) is 14.2 Å². The van der Waals surface area contributed by atoms with Crippen LogP contribution in [-0.4, -0.2) is 22.0 Å². The van der Waals surface area contributed by atoms with Crippen LogP contribution in [0.4, 0.5) is 0 Å². The molecule has 2 aromatic rings. The molecule has 2 heterocycles. The maximum atomic E-state index is 12.6. The van der Waals surface area contributed by atoms with Gasteiger partial charge < -0.3 is 5.32 Å². The largest absolute Gasteiger partial charge is 0.354 e. The third-order valence-electron chi connectivity index (χ3n) is 4.78. The summed E-state index contributed by atoms with van der Waals surface area (Å²) in [6.45, 7) is 4.69. The first-order valence-corrected chi connectivity index (χ1v) is 9.09. The molecule has 0 aliphatic heterocycles. The number of aryl methyl sites for hydroxylation is 2. The maximum absolute atomic E-state index is 12.6. The van der Waals surface area contributed by atoms with E-state index in [0.717, 1.165) is 21.8 Å². The van der Waals surface area contributed by atoms with Crippen molar-refractivity contribution in [3.8, 4) is 0 Å². The predicted molar refractivity (Wildman–Crippen MR) is 92.9 cm³/mol. The fourth-order valence-electron chi connectivity index (χ4n) is 3.24. The van der Waals surface area contributed by atoms with Gasteiger partial charge in [-0.15, -0.1) is 11.3 Å². The number of nitrogens with one attached hydrogen (secondary N) is 1. The van der Waals surface area contributed by atoms with Gasteiger partial charge in [0.1, 0.15) is 11.4 Å². The van der Waals surface area contributed by atoms with Crippen LogP contribution in [0.2, 0.25) is 0 Å². The molecule has 5 nitrogen and oxygen atoms in total. The Morgan fingerprint density at radius 2 is 2.09 bits per heavy atom. The Hall–Kier alpha value is -1.69. The molecule has 1 saturated carbocycles. The van der Waals surface area contributed by atoms with Crippen molar-refractivity contribution in [2.45, 2.75) is 52.5 Å².